The van der Waals surface area contributed by atoms with Gasteiger partial charge in [-0.05, 0) is 36.5 Å². The van der Waals surface area contributed by atoms with Crippen molar-refractivity contribution in [2.45, 2.75) is 45.6 Å². The van der Waals surface area contributed by atoms with Gasteiger partial charge < -0.3 is 5.32 Å². The van der Waals surface area contributed by atoms with Crippen molar-refractivity contribution in [1.29, 1.82) is 0 Å². The van der Waals surface area contributed by atoms with E-state index in [9.17, 15) is 14.4 Å². The van der Waals surface area contributed by atoms with Gasteiger partial charge in [-0.2, -0.15) is 0 Å². The van der Waals surface area contributed by atoms with Gasteiger partial charge in [-0.1, -0.05) is 62.7 Å². The van der Waals surface area contributed by atoms with E-state index in [0.29, 0.717) is 36.4 Å². The molecule has 0 bridgehead atoms. The summed E-state index contributed by atoms with van der Waals surface area (Å²) in [4.78, 5) is 38.4. The topological polar surface area (TPSA) is 66.5 Å². The van der Waals surface area contributed by atoms with Crippen LogP contribution in [-0.4, -0.2) is 29.2 Å². The van der Waals surface area contributed by atoms with Crippen LogP contribution in [0.15, 0.2) is 54.6 Å². The molecule has 3 rings (SSSR count). The normalized spacial score (nSPS) is 14.2. The molecule has 0 radical (unpaired) electrons. The van der Waals surface area contributed by atoms with Gasteiger partial charge in [-0.25, -0.2) is 0 Å². The molecule has 152 valence electrons. The number of amides is 3. The number of hydrogen-bond donors (Lipinski definition) is 1. The highest BCUT2D eigenvalue weighted by Gasteiger charge is 2.34. The number of hydrogen-bond acceptors (Lipinski definition) is 3. The zero-order valence-electron chi connectivity index (χ0n) is 17.1. The second-order valence-corrected chi connectivity index (χ2v) is 7.82. The van der Waals surface area contributed by atoms with Crippen LogP contribution in [0.2, 0.25) is 0 Å². The third-order valence-electron chi connectivity index (χ3n) is 5.31. The highest BCUT2D eigenvalue weighted by Crippen LogP contribution is 2.23. The number of benzene rings is 2. The molecule has 0 aliphatic carbocycles. The lowest BCUT2D eigenvalue weighted by Crippen LogP contribution is -2.32. The Morgan fingerprint density at radius 2 is 1.45 bits per heavy atom. The second-order valence-electron chi connectivity index (χ2n) is 7.82. The number of rotatable bonds is 9. The summed E-state index contributed by atoms with van der Waals surface area (Å²) < 4.78 is 0. The van der Waals surface area contributed by atoms with Gasteiger partial charge in [0.15, 0.2) is 0 Å². The molecule has 1 N–H and O–H groups in total. The lowest BCUT2D eigenvalue weighted by molar-refractivity contribution is -0.122. The third kappa shape index (κ3) is 4.91. The molecule has 1 unspecified atom stereocenters. The van der Waals surface area contributed by atoms with Crippen molar-refractivity contribution in [1.82, 2.24) is 10.2 Å². The van der Waals surface area contributed by atoms with E-state index in [1.165, 1.54) is 4.90 Å². The summed E-state index contributed by atoms with van der Waals surface area (Å²) in [6.07, 6.45) is 2.66. The van der Waals surface area contributed by atoms with Crippen LogP contribution in [0.25, 0.3) is 0 Å². The van der Waals surface area contributed by atoms with Crippen molar-refractivity contribution >= 4 is 17.7 Å². The molecule has 5 heteroatoms. The van der Waals surface area contributed by atoms with Gasteiger partial charge in [0.1, 0.15) is 0 Å². The molecular formula is C24H28N2O3. The van der Waals surface area contributed by atoms with E-state index in [2.05, 4.69) is 19.2 Å². The van der Waals surface area contributed by atoms with Crippen molar-refractivity contribution in [3.05, 3.63) is 71.3 Å². The summed E-state index contributed by atoms with van der Waals surface area (Å²) >= 11 is 0. The SMILES string of the molecule is CC(C)C(NC(=O)CCCCCN1C(=O)c2ccccc2C1=O)c1ccccc1. The number of unbranched alkanes of at least 4 members (excludes halogenated alkanes) is 2. The average Bonchev–Trinajstić information content (AvgIpc) is 2.97. The smallest absolute Gasteiger partial charge is 0.261 e. The van der Waals surface area contributed by atoms with Crippen molar-refractivity contribution in [2.24, 2.45) is 5.92 Å². The Morgan fingerprint density at radius 3 is 2.03 bits per heavy atom. The average molecular weight is 392 g/mol. The zero-order chi connectivity index (χ0) is 20.8. The van der Waals surface area contributed by atoms with Crippen molar-refractivity contribution < 1.29 is 14.4 Å². The van der Waals surface area contributed by atoms with Gasteiger partial charge >= 0.3 is 0 Å². The van der Waals surface area contributed by atoms with Gasteiger partial charge in [0, 0.05) is 13.0 Å². The minimum Gasteiger partial charge on any atom is -0.349 e. The van der Waals surface area contributed by atoms with E-state index in [1.54, 1.807) is 24.3 Å². The molecular weight excluding hydrogens is 364 g/mol. The van der Waals surface area contributed by atoms with Crippen molar-refractivity contribution in [3.63, 3.8) is 0 Å². The highest BCUT2D eigenvalue weighted by atomic mass is 16.2. The molecule has 1 aliphatic rings. The molecule has 1 aliphatic heterocycles. The maximum atomic E-state index is 12.4. The quantitative estimate of drug-likeness (QED) is 0.509. The number of carbonyl (C=O) groups is 3. The fourth-order valence-corrected chi connectivity index (χ4v) is 3.72. The third-order valence-corrected chi connectivity index (χ3v) is 5.31. The summed E-state index contributed by atoms with van der Waals surface area (Å²) in [6, 6.07) is 16.9. The Morgan fingerprint density at radius 1 is 0.862 bits per heavy atom. The number of imide groups is 1. The van der Waals surface area contributed by atoms with Gasteiger partial charge in [0.2, 0.25) is 5.91 Å². The first-order valence-corrected chi connectivity index (χ1v) is 10.3. The van der Waals surface area contributed by atoms with Crippen molar-refractivity contribution in [2.75, 3.05) is 6.54 Å². The van der Waals surface area contributed by atoms with Gasteiger partial charge in [0.05, 0.1) is 17.2 Å². The van der Waals surface area contributed by atoms with E-state index in [0.717, 1.165) is 18.4 Å². The van der Waals surface area contributed by atoms with Crippen LogP contribution in [-0.2, 0) is 4.79 Å². The predicted molar refractivity (Wildman–Crippen MR) is 112 cm³/mol. The molecule has 0 aromatic heterocycles. The van der Waals surface area contributed by atoms with E-state index >= 15 is 0 Å². The Hall–Kier alpha value is -2.95. The minimum atomic E-state index is -0.217. The molecule has 1 heterocycles. The molecule has 3 amide bonds. The summed E-state index contributed by atoms with van der Waals surface area (Å²) in [7, 11) is 0. The Kier molecular flexibility index (Phi) is 6.81. The van der Waals surface area contributed by atoms with Crippen LogP contribution in [0.4, 0.5) is 0 Å². The van der Waals surface area contributed by atoms with E-state index in [4.69, 9.17) is 0 Å². The van der Waals surface area contributed by atoms with Gasteiger partial charge in [0.25, 0.3) is 11.8 Å². The van der Waals surface area contributed by atoms with Crippen LogP contribution in [0.3, 0.4) is 0 Å². The van der Waals surface area contributed by atoms with Crippen LogP contribution in [0.1, 0.15) is 71.9 Å². The van der Waals surface area contributed by atoms with Crippen LogP contribution in [0.5, 0.6) is 0 Å². The van der Waals surface area contributed by atoms with Gasteiger partial charge in [-0.3, -0.25) is 19.3 Å². The molecule has 0 saturated heterocycles. The summed E-state index contributed by atoms with van der Waals surface area (Å²) in [5.41, 5.74) is 2.08. The first kappa shape index (κ1) is 20.8. The van der Waals surface area contributed by atoms with E-state index in [-0.39, 0.29) is 23.8 Å². The highest BCUT2D eigenvalue weighted by molar-refractivity contribution is 6.21. The molecule has 0 spiro atoms. The first-order chi connectivity index (χ1) is 14.0. The minimum absolute atomic E-state index is 0.00190. The maximum Gasteiger partial charge on any atom is 0.261 e. The van der Waals surface area contributed by atoms with Crippen LogP contribution < -0.4 is 5.32 Å². The Balaban J connectivity index is 1.41. The lowest BCUT2D eigenvalue weighted by atomic mass is 9.96. The molecule has 0 saturated carbocycles. The molecule has 1 atom stereocenters. The number of fused-ring (bicyclic) bond motifs is 1. The second kappa shape index (κ2) is 9.50. The number of nitrogens with zero attached hydrogens (tertiary/aromatic N) is 1. The molecule has 5 nitrogen and oxygen atoms in total. The first-order valence-electron chi connectivity index (χ1n) is 10.3. The van der Waals surface area contributed by atoms with Crippen LogP contribution >= 0.6 is 0 Å². The fourth-order valence-electron chi connectivity index (χ4n) is 3.72. The monoisotopic (exact) mass is 392 g/mol. The van der Waals surface area contributed by atoms with Crippen LogP contribution in [0, 0.1) is 5.92 Å². The number of carbonyl (C=O) groups excluding carboxylic acids is 3. The maximum absolute atomic E-state index is 12.4. The van der Waals surface area contributed by atoms with E-state index in [1.807, 2.05) is 30.3 Å². The molecule has 29 heavy (non-hydrogen) atoms. The molecule has 0 fully saturated rings. The lowest BCUT2D eigenvalue weighted by Gasteiger charge is -2.23. The zero-order valence-corrected chi connectivity index (χ0v) is 17.1. The largest absolute Gasteiger partial charge is 0.349 e. The summed E-state index contributed by atoms with van der Waals surface area (Å²) in [5.74, 6) is -0.0968. The van der Waals surface area contributed by atoms with E-state index < -0.39 is 0 Å². The fraction of sp³-hybridized carbons (Fsp3) is 0.375. The van der Waals surface area contributed by atoms with Crippen molar-refractivity contribution in [3.8, 4) is 0 Å². The Labute approximate surface area is 172 Å². The standard InChI is InChI=1S/C24H28N2O3/c1-17(2)22(18-11-5-3-6-12-18)25-21(27)15-7-4-10-16-26-23(28)19-13-8-9-14-20(19)24(26)29/h3,5-6,8-9,11-14,17,22H,4,7,10,15-16H2,1-2H3,(H,25,27). The summed E-state index contributed by atoms with van der Waals surface area (Å²) in [5, 5.41) is 3.13. The predicted octanol–water partition coefficient (Wildman–Crippen LogP) is 4.36. The summed E-state index contributed by atoms with van der Waals surface area (Å²) in [6.45, 7) is 4.59. The number of nitrogens with one attached hydrogen (secondary N) is 1. The molecule has 2 aromatic rings. The molecule has 2 aromatic carbocycles. The van der Waals surface area contributed by atoms with Gasteiger partial charge in [-0.15, -0.1) is 0 Å². The Bertz CT molecular complexity index is 842.